The van der Waals surface area contributed by atoms with Crippen LogP contribution in [-0.4, -0.2) is 34.2 Å². The lowest BCUT2D eigenvalue weighted by Crippen LogP contribution is -2.36. The van der Waals surface area contributed by atoms with E-state index in [0.29, 0.717) is 12.4 Å². The molecule has 0 unspecified atom stereocenters. The van der Waals surface area contributed by atoms with Gasteiger partial charge in [0, 0.05) is 12.8 Å². The summed E-state index contributed by atoms with van der Waals surface area (Å²) in [5.41, 5.74) is 0. The molecule has 0 saturated carbocycles. The van der Waals surface area contributed by atoms with Crippen LogP contribution in [0.15, 0.2) is 6.33 Å². The van der Waals surface area contributed by atoms with Crippen LogP contribution in [0.1, 0.15) is 19.7 Å². The first-order chi connectivity index (χ1) is 6.78. The number of hydrogen-bond donors (Lipinski definition) is 0. The standard InChI is InChI=1S/C8H14ClN3O2S/c1-8(2,15(3,13)14)5-12-6-10-11-7(12)4-9/h6H,4-5H2,1-3H3. The molecule has 1 heterocycles. The second-order valence-electron chi connectivity index (χ2n) is 4.04. The lowest BCUT2D eigenvalue weighted by Gasteiger charge is -2.23. The van der Waals surface area contributed by atoms with Gasteiger partial charge in [-0.3, -0.25) is 0 Å². The first-order valence-electron chi connectivity index (χ1n) is 4.40. The van der Waals surface area contributed by atoms with Crippen LogP contribution in [0.5, 0.6) is 0 Å². The molecule has 7 heteroatoms. The number of aromatic nitrogens is 3. The van der Waals surface area contributed by atoms with Crippen molar-refractivity contribution in [3.05, 3.63) is 12.2 Å². The minimum Gasteiger partial charge on any atom is -0.315 e. The van der Waals surface area contributed by atoms with Crippen LogP contribution in [-0.2, 0) is 22.3 Å². The van der Waals surface area contributed by atoms with Gasteiger partial charge < -0.3 is 4.57 Å². The molecule has 0 radical (unpaired) electrons. The summed E-state index contributed by atoms with van der Waals surface area (Å²) < 4.78 is 23.8. The number of sulfone groups is 1. The predicted octanol–water partition coefficient (Wildman–Crippen LogP) is 0.840. The van der Waals surface area contributed by atoms with Gasteiger partial charge in [0.15, 0.2) is 9.84 Å². The van der Waals surface area contributed by atoms with Crippen molar-refractivity contribution in [2.45, 2.75) is 31.0 Å². The molecule has 0 bridgehead atoms. The van der Waals surface area contributed by atoms with Gasteiger partial charge in [-0.1, -0.05) is 0 Å². The van der Waals surface area contributed by atoms with Gasteiger partial charge in [0.25, 0.3) is 0 Å². The second-order valence-corrected chi connectivity index (χ2v) is 6.96. The van der Waals surface area contributed by atoms with Crippen LogP contribution in [0, 0.1) is 0 Å². The smallest absolute Gasteiger partial charge is 0.154 e. The van der Waals surface area contributed by atoms with Gasteiger partial charge in [-0.15, -0.1) is 21.8 Å². The van der Waals surface area contributed by atoms with E-state index in [9.17, 15) is 8.42 Å². The van der Waals surface area contributed by atoms with E-state index < -0.39 is 14.6 Å². The zero-order valence-electron chi connectivity index (χ0n) is 8.94. The summed E-state index contributed by atoms with van der Waals surface area (Å²) >= 11 is 5.64. The molecule has 1 aromatic heterocycles. The molecule has 0 N–H and O–H groups in total. The Morgan fingerprint density at radius 2 is 2.13 bits per heavy atom. The number of hydrogen-bond acceptors (Lipinski definition) is 4. The van der Waals surface area contributed by atoms with Gasteiger partial charge >= 0.3 is 0 Å². The zero-order valence-corrected chi connectivity index (χ0v) is 10.5. The van der Waals surface area contributed by atoms with Crippen molar-refractivity contribution in [2.24, 2.45) is 0 Å². The summed E-state index contributed by atoms with van der Waals surface area (Å²) in [6.45, 7) is 3.64. The van der Waals surface area contributed by atoms with Crippen LogP contribution < -0.4 is 0 Å². The zero-order chi connectivity index (χ0) is 11.7. The normalized spacial score (nSPS) is 13.1. The average molecular weight is 252 g/mol. The molecule has 0 fully saturated rings. The van der Waals surface area contributed by atoms with Crippen molar-refractivity contribution in [1.29, 1.82) is 0 Å². The molecule has 0 aliphatic heterocycles. The van der Waals surface area contributed by atoms with E-state index in [-0.39, 0.29) is 5.88 Å². The third-order valence-corrected chi connectivity index (χ3v) is 4.75. The number of nitrogens with zero attached hydrogens (tertiary/aromatic N) is 3. The summed E-state index contributed by atoms with van der Waals surface area (Å²) in [6, 6.07) is 0. The summed E-state index contributed by atoms with van der Waals surface area (Å²) in [6.07, 6.45) is 2.71. The summed E-state index contributed by atoms with van der Waals surface area (Å²) in [5.74, 6) is 0.799. The highest BCUT2D eigenvalue weighted by Crippen LogP contribution is 2.18. The van der Waals surface area contributed by atoms with E-state index in [1.807, 2.05) is 0 Å². The Morgan fingerprint density at radius 1 is 1.53 bits per heavy atom. The summed E-state index contributed by atoms with van der Waals surface area (Å²) in [4.78, 5) is 0. The summed E-state index contributed by atoms with van der Waals surface area (Å²) in [5, 5.41) is 7.48. The molecule has 0 aliphatic rings. The number of rotatable bonds is 4. The molecule has 0 aromatic carbocycles. The number of halogens is 1. The molecular weight excluding hydrogens is 238 g/mol. The molecule has 0 aliphatic carbocycles. The van der Waals surface area contributed by atoms with Crippen molar-refractivity contribution in [2.75, 3.05) is 6.26 Å². The molecule has 0 saturated heterocycles. The molecular formula is C8H14ClN3O2S. The van der Waals surface area contributed by atoms with E-state index in [0.717, 1.165) is 0 Å². The highest BCUT2D eigenvalue weighted by Gasteiger charge is 2.31. The first-order valence-corrected chi connectivity index (χ1v) is 6.83. The van der Waals surface area contributed by atoms with E-state index in [1.54, 1.807) is 18.4 Å². The van der Waals surface area contributed by atoms with E-state index >= 15 is 0 Å². The van der Waals surface area contributed by atoms with E-state index in [1.165, 1.54) is 12.6 Å². The van der Waals surface area contributed by atoms with Crippen LogP contribution in [0.25, 0.3) is 0 Å². The lowest BCUT2D eigenvalue weighted by atomic mass is 10.2. The highest BCUT2D eigenvalue weighted by atomic mass is 35.5. The number of alkyl halides is 1. The van der Waals surface area contributed by atoms with Crippen molar-refractivity contribution in [1.82, 2.24) is 14.8 Å². The fraction of sp³-hybridized carbons (Fsp3) is 0.750. The third kappa shape index (κ3) is 2.69. The maximum absolute atomic E-state index is 11.5. The van der Waals surface area contributed by atoms with Crippen molar-refractivity contribution in [3.63, 3.8) is 0 Å². The van der Waals surface area contributed by atoms with Crippen LogP contribution in [0.2, 0.25) is 0 Å². The largest absolute Gasteiger partial charge is 0.315 e. The summed E-state index contributed by atoms with van der Waals surface area (Å²) in [7, 11) is -3.12. The predicted molar refractivity (Wildman–Crippen MR) is 58.5 cm³/mol. The van der Waals surface area contributed by atoms with Gasteiger partial charge in [0.2, 0.25) is 0 Å². The van der Waals surface area contributed by atoms with Crippen molar-refractivity contribution in [3.8, 4) is 0 Å². The van der Waals surface area contributed by atoms with Gasteiger partial charge in [-0.2, -0.15) is 0 Å². The molecule has 1 rings (SSSR count). The minimum atomic E-state index is -3.12. The quantitative estimate of drug-likeness (QED) is 0.744. The SMILES string of the molecule is CC(C)(Cn1cnnc1CCl)S(C)(=O)=O. The molecule has 1 aromatic rings. The Balaban J connectivity index is 2.96. The molecule has 86 valence electrons. The first kappa shape index (κ1) is 12.4. The van der Waals surface area contributed by atoms with Crippen LogP contribution >= 0.6 is 11.6 Å². The maximum atomic E-state index is 11.5. The van der Waals surface area contributed by atoms with E-state index in [2.05, 4.69) is 10.2 Å². The maximum Gasteiger partial charge on any atom is 0.154 e. The second kappa shape index (κ2) is 4.09. The highest BCUT2D eigenvalue weighted by molar-refractivity contribution is 7.92. The Labute approximate surface area is 94.4 Å². The monoisotopic (exact) mass is 251 g/mol. The molecule has 0 amide bonds. The fourth-order valence-corrected chi connectivity index (χ4v) is 1.62. The average Bonchev–Trinajstić information content (AvgIpc) is 2.48. The van der Waals surface area contributed by atoms with Crippen molar-refractivity contribution < 1.29 is 8.42 Å². The van der Waals surface area contributed by atoms with Crippen molar-refractivity contribution >= 4 is 21.4 Å². The Hall–Kier alpha value is -0.620. The molecule has 15 heavy (non-hydrogen) atoms. The van der Waals surface area contributed by atoms with E-state index in [4.69, 9.17) is 11.6 Å². The third-order valence-electron chi connectivity index (χ3n) is 2.37. The van der Waals surface area contributed by atoms with Crippen LogP contribution in [0.3, 0.4) is 0 Å². The van der Waals surface area contributed by atoms with Gasteiger partial charge in [0.05, 0.1) is 10.6 Å². The minimum absolute atomic E-state index is 0.222. The van der Waals surface area contributed by atoms with Gasteiger partial charge in [-0.25, -0.2) is 8.42 Å². The van der Waals surface area contributed by atoms with Gasteiger partial charge in [-0.05, 0) is 13.8 Å². The molecule has 0 atom stereocenters. The Kier molecular flexibility index (Phi) is 3.40. The van der Waals surface area contributed by atoms with Crippen LogP contribution in [0.4, 0.5) is 0 Å². The molecule has 5 nitrogen and oxygen atoms in total. The Morgan fingerprint density at radius 3 is 2.60 bits per heavy atom. The lowest BCUT2D eigenvalue weighted by molar-refractivity contribution is 0.496. The molecule has 0 spiro atoms. The topological polar surface area (TPSA) is 64.8 Å². The van der Waals surface area contributed by atoms with Gasteiger partial charge in [0.1, 0.15) is 12.2 Å². The Bertz CT molecular complexity index is 438. The fourth-order valence-electron chi connectivity index (χ4n) is 1.04.